The Morgan fingerprint density at radius 2 is 0.675 bits per heavy atom. The second-order valence-corrected chi connectivity index (χ2v) is 28.4. The summed E-state index contributed by atoms with van der Waals surface area (Å²) in [5, 5.41) is 13.9. The van der Waals surface area contributed by atoms with Crippen LogP contribution in [0.25, 0.3) is 0 Å². The number of unbranched alkanes of at least 4 members (excludes halogenated alkanes) is 55. The van der Waals surface area contributed by atoms with Gasteiger partial charge in [-0.3, -0.25) is 9.36 Å². The second kappa shape index (κ2) is 65.4. The van der Waals surface area contributed by atoms with Gasteiger partial charge < -0.3 is 28.8 Å². The maximum Gasteiger partial charge on any atom is 0.268 e. The van der Waals surface area contributed by atoms with Gasteiger partial charge in [-0.05, 0) is 32.1 Å². The Morgan fingerprint density at radius 3 is 0.976 bits per heavy atom. The second-order valence-electron chi connectivity index (χ2n) is 27.0. The molecule has 0 rings (SSSR count). The summed E-state index contributed by atoms with van der Waals surface area (Å²) in [7, 11) is 1.26. The molecule has 0 aromatic rings. The molecule has 2 N–H and O–H groups in total. The van der Waals surface area contributed by atoms with Gasteiger partial charge in [0, 0.05) is 6.42 Å². The van der Waals surface area contributed by atoms with E-state index in [9.17, 15) is 19.4 Å². The summed E-state index contributed by atoms with van der Waals surface area (Å²) in [6.45, 7) is 4.70. The minimum atomic E-state index is -4.61. The number of phosphoric ester groups is 1. The number of hydrogen-bond acceptors (Lipinski definition) is 6. The van der Waals surface area contributed by atoms with E-state index >= 15 is 0 Å². The maximum absolute atomic E-state index is 13.0. The number of amides is 1. The van der Waals surface area contributed by atoms with Crippen molar-refractivity contribution >= 4 is 13.7 Å². The van der Waals surface area contributed by atoms with E-state index in [1.54, 1.807) is 6.08 Å². The molecule has 9 heteroatoms. The largest absolute Gasteiger partial charge is 0.756 e. The predicted octanol–water partition coefficient (Wildman–Crippen LogP) is 23.2. The van der Waals surface area contributed by atoms with Gasteiger partial charge in [-0.25, -0.2) is 0 Å². The highest BCUT2D eigenvalue weighted by Gasteiger charge is 2.23. The number of nitrogens with one attached hydrogen (secondary N) is 1. The van der Waals surface area contributed by atoms with Crippen LogP contribution >= 0.6 is 7.82 Å². The summed E-state index contributed by atoms with van der Waals surface area (Å²) in [5.41, 5.74) is 0. The lowest BCUT2D eigenvalue weighted by Gasteiger charge is -2.29. The first-order valence-electron chi connectivity index (χ1n) is 37.2. The van der Waals surface area contributed by atoms with Gasteiger partial charge in [0.2, 0.25) is 5.91 Å². The molecule has 0 spiro atoms. The van der Waals surface area contributed by atoms with E-state index in [4.69, 9.17) is 9.05 Å². The summed E-state index contributed by atoms with van der Waals surface area (Å²) < 4.78 is 23.4. The first-order chi connectivity index (χ1) is 40.5. The molecule has 0 fully saturated rings. The highest BCUT2D eigenvalue weighted by Crippen LogP contribution is 2.38. The number of carbonyl (C=O) groups is 1. The van der Waals surface area contributed by atoms with Crippen molar-refractivity contribution in [1.82, 2.24) is 5.32 Å². The monoisotopic (exact) mass is 1190 g/mol. The number of likely N-dealkylation sites (N-methyl/N-ethyl adjacent to an activating group) is 1. The zero-order chi connectivity index (χ0) is 60.5. The van der Waals surface area contributed by atoms with E-state index in [-0.39, 0.29) is 19.1 Å². The average molecular weight is 1190 g/mol. The number of hydrogen-bond donors (Lipinski definition) is 2. The Hall–Kier alpha value is -1.02. The smallest absolute Gasteiger partial charge is 0.268 e. The minimum Gasteiger partial charge on any atom is -0.756 e. The molecular weight excluding hydrogens is 1040 g/mol. The molecule has 0 radical (unpaired) electrons. The number of carbonyl (C=O) groups excluding carboxylic acids is 1. The molecule has 494 valence electrons. The van der Waals surface area contributed by atoms with E-state index in [1.807, 2.05) is 27.2 Å². The zero-order valence-electron chi connectivity index (χ0n) is 56.7. The number of quaternary nitrogens is 1. The minimum absolute atomic E-state index is 0.00343. The summed E-state index contributed by atoms with van der Waals surface area (Å²) in [4.78, 5) is 25.6. The Bertz CT molecular complexity index is 1400. The van der Waals surface area contributed by atoms with Crippen LogP contribution in [0.2, 0.25) is 0 Å². The van der Waals surface area contributed by atoms with Gasteiger partial charge in [0.25, 0.3) is 7.82 Å². The zero-order valence-corrected chi connectivity index (χ0v) is 57.6. The molecule has 0 heterocycles. The van der Waals surface area contributed by atoms with Crippen molar-refractivity contribution in [2.24, 2.45) is 0 Å². The summed E-state index contributed by atoms with van der Waals surface area (Å²) in [5.74, 6) is -0.198. The number of rotatable bonds is 70. The van der Waals surface area contributed by atoms with Crippen LogP contribution in [-0.4, -0.2) is 68.5 Å². The van der Waals surface area contributed by atoms with Gasteiger partial charge >= 0.3 is 0 Å². The van der Waals surface area contributed by atoms with Crippen LogP contribution in [0.1, 0.15) is 393 Å². The van der Waals surface area contributed by atoms with Gasteiger partial charge in [-0.2, -0.15) is 0 Å². The number of aliphatic hydroxyl groups excluding tert-OH is 1. The highest BCUT2D eigenvalue weighted by molar-refractivity contribution is 7.45. The Kier molecular flexibility index (Phi) is 64.6. The number of phosphoric acid groups is 1. The highest BCUT2D eigenvalue weighted by atomic mass is 31.2. The van der Waals surface area contributed by atoms with Crippen LogP contribution in [0.4, 0.5) is 0 Å². The predicted molar refractivity (Wildman–Crippen MR) is 362 cm³/mol. The Morgan fingerprint density at radius 1 is 0.410 bits per heavy atom. The quantitative estimate of drug-likeness (QED) is 0.0272. The van der Waals surface area contributed by atoms with Crippen molar-refractivity contribution < 1.29 is 32.9 Å². The molecule has 3 atom stereocenters. The molecule has 0 aromatic heterocycles. The molecule has 1 amide bonds. The third kappa shape index (κ3) is 68.3. The third-order valence-electron chi connectivity index (χ3n) is 17.4. The standard InChI is InChI=1S/C74H147N2O6P/c1-6-8-10-12-14-16-18-20-22-24-26-28-30-31-32-33-34-35-36-37-38-39-40-41-42-43-44-45-46-48-50-52-54-56-58-60-62-64-66-68-74(78)75-72(71-82-83(79,80)81-70-69-76(3,4)5)73(77)67-65-63-61-59-57-55-53-51-49-47-29-27-25-23-21-19-17-15-13-11-9-7-2/h57,59,65,67,72-73,77H,6-56,58,60-64,66,68-71H2,1-5H3,(H-,75,78,79,80)/b59-57+,67-65+. The normalized spacial score (nSPS) is 13.7. The van der Waals surface area contributed by atoms with E-state index in [0.29, 0.717) is 17.4 Å². The first-order valence-corrected chi connectivity index (χ1v) is 38.7. The van der Waals surface area contributed by atoms with Crippen molar-refractivity contribution in [3.8, 4) is 0 Å². The van der Waals surface area contributed by atoms with Gasteiger partial charge in [0.15, 0.2) is 0 Å². The van der Waals surface area contributed by atoms with Crippen LogP contribution in [-0.2, 0) is 18.4 Å². The Labute approximate surface area is 519 Å². The summed E-state index contributed by atoms with van der Waals surface area (Å²) in [6.07, 6.45) is 86.3. The van der Waals surface area contributed by atoms with Crippen LogP contribution in [0.3, 0.4) is 0 Å². The number of nitrogens with zero attached hydrogens (tertiary/aromatic N) is 1. The summed E-state index contributed by atoms with van der Waals surface area (Å²) >= 11 is 0. The third-order valence-corrected chi connectivity index (χ3v) is 18.4. The topological polar surface area (TPSA) is 108 Å². The summed E-state index contributed by atoms with van der Waals surface area (Å²) in [6, 6.07) is -0.902. The van der Waals surface area contributed by atoms with Crippen molar-refractivity contribution in [1.29, 1.82) is 0 Å². The lowest BCUT2D eigenvalue weighted by Crippen LogP contribution is -2.45. The lowest BCUT2D eigenvalue weighted by atomic mass is 10.0. The van der Waals surface area contributed by atoms with Crippen molar-refractivity contribution in [2.75, 3.05) is 40.9 Å². The molecule has 0 aliphatic rings. The molecule has 8 nitrogen and oxygen atoms in total. The Balaban J connectivity index is 3.93. The van der Waals surface area contributed by atoms with E-state index in [0.717, 1.165) is 38.5 Å². The first kappa shape index (κ1) is 82.0. The molecule has 0 saturated carbocycles. The molecule has 3 unspecified atom stereocenters. The van der Waals surface area contributed by atoms with E-state index < -0.39 is 20.0 Å². The van der Waals surface area contributed by atoms with Crippen LogP contribution in [0, 0.1) is 0 Å². The molecule has 0 aromatic carbocycles. The van der Waals surface area contributed by atoms with E-state index in [2.05, 4.69) is 31.3 Å². The molecule has 0 bridgehead atoms. The molecule has 0 aliphatic heterocycles. The fourth-order valence-electron chi connectivity index (χ4n) is 11.6. The number of allylic oxidation sites excluding steroid dienone is 3. The van der Waals surface area contributed by atoms with Crippen LogP contribution in [0.15, 0.2) is 24.3 Å². The fraction of sp³-hybridized carbons (Fsp3) is 0.932. The van der Waals surface area contributed by atoms with Crippen LogP contribution in [0.5, 0.6) is 0 Å². The lowest BCUT2D eigenvalue weighted by molar-refractivity contribution is -0.870. The van der Waals surface area contributed by atoms with Gasteiger partial charge in [0.05, 0.1) is 39.9 Å². The molecule has 0 saturated heterocycles. The molecule has 0 aliphatic carbocycles. The molecule has 83 heavy (non-hydrogen) atoms. The van der Waals surface area contributed by atoms with Crippen molar-refractivity contribution in [2.45, 2.75) is 405 Å². The van der Waals surface area contributed by atoms with Gasteiger partial charge in [-0.1, -0.05) is 378 Å². The van der Waals surface area contributed by atoms with Gasteiger partial charge in [-0.15, -0.1) is 0 Å². The SMILES string of the molecule is CCCCCCCCCCCCCCCCCC/C=C/CC/C=C/C(O)C(COP(=O)([O-])OCC[N+](C)(C)C)NC(=O)CCCCCCCCCCCCCCCCCCCCCCCCCCCCCCCCCCCCCCCCC. The van der Waals surface area contributed by atoms with Crippen LogP contribution < -0.4 is 10.2 Å². The molecular formula is C74H147N2O6P. The van der Waals surface area contributed by atoms with E-state index in [1.165, 1.54) is 334 Å². The van der Waals surface area contributed by atoms with Gasteiger partial charge in [0.1, 0.15) is 13.2 Å². The maximum atomic E-state index is 13.0. The number of aliphatic hydroxyl groups is 1. The van der Waals surface area contributed by atoms with Crippen molar-refractivity contribution in [3.05, 3.63) is 24.3 Å². The fourth-order valence-corrected chi connectivity index (χ4v) is 12.4. The average Bonchev–Trinajstić information content (AvgIpc) is 3.50. The van der Waals surface area contributed by atoms with Crippen molar-refractivity contribution in [3.63, 3.8) is 0 Å².